The highest BCUT2D eigenvalue weighted by Gasteiger charge is 2.31. The first-order chi connectivity index (χ1) is 30.9. The van der Waals surface area contributed by atoms with Gasteiger partial charge in [-0.05, 0) is 70.5 Å². The number of piperazine rings is 2. The van der Waals surface area contributed by atoms with Crippen LogP contribution < -0.4 is 10.6 Å². The predicted molar refractivity (Wildman–Crippen MR) is 262 cm³/mol. The molecular formula is C55H55Cl2N5O. The molecule has 6 nitrogen and oxygen atoms in total. The summed E-state index contributed by atoms with van der Waals surface area (Å²) in [6, 6.07) is 64.8. The zero-order valence-electron chi connectivity index (χ0n) is 35.6. The number of nitrogens with zero attached hydrogens (tertiary/aromatic N) is 3. The summed E-state index contributed by atoms with van der Waals surface area (Å²) in [5.41, 5.74) is 10.5. The summed E-state index contributed by atoms with van der Waals surface area (Å²) in [6.07, 6.45) is 1.91. The number of hydrogen-bond acceptors (Lipinski definition) is 4. The summed E-state index contributed by atoms with van der Waals surface area (Å²) < 4.78 is 0. The maximum Gasteiger partial charge on any atom is 0.322 e. The fourth-order valence-corrected chi connectivity index (χ4v) is 9.16. The minimum Gasteiger partial charge on any atom is -0.319 e. The quantitative estimate of drug-likeness (QED) is 0.136. The zero-order chi connectivity index (χ0) is 43.2. The van der Waals surface area contributed by atoms with Crippen molar-refractivity contribution in [1.29, 1.82) is 0 Å². The summed E-state index contributed by atoms with van der Waals surface area (Å²) in [6.45, 7) is 7.42. The molecule has 2 heterocycles. The van der Waals surface area contributed by atoms with Gasteiger partial charge in [-0.15, -0.1) is 0 Å². The Hall–Kier alpha value is -5.73. The fraction of sp³-hybridized carbons (Fsp3) is 0.218. The van der Waals surface area contributed by atoms with Crippen molar-refractivity contribution in [2.45, 2.75) is 38.0 Å². The number of carbonyl (C=O) groups is 1. The highest BCUT2D eigenvalue weighted by Crippen LogP contribution is 2.29. The van der Waals surface area contributed by atoms with E-state index in [0.717, 1.165) is 91.1 Å². The molecule has 2 saturated heterocycles. The molecule has 0 spiro atoms. The van der Waals surface area contributed by atoms with Gasteiger partial charge < -0.3 is 15.5 Å². The lowest BCUT2D eigenvalue weighted by Gasteiger charge is -2.41. The van der Waals surface area contributed by atoms with E-state index in [1.807, 2.05) is 83.8 Å². The summed E-state index contributed by atoms with van der Waals surface area (Å²) >= 11 is 12.7. The molecule has 320 valence electrons. The minimum absolute atomic E-state index is 0.0362. The predicted octanol–water partition coefficient (Wildman–Crippen LogP) is 12.0. The molecule has 63 heavy (non-hydrogen) atoms. The van der Waals surface area contributed by atoms with Crippen molar-refractivity contribution in [3.05, 3.63) is 220 Å². The Bertz CT molecular complexity index is 2490. The van der Waals surface area contributed by atoms with Crippen LogP contribution in [0.4, 0.5) is 10.5 Å². The third-order valence-corrected chi connectivity index (χ3v) is 12.6. The maximum absolute atomic E-state index is 13.2. The Morgan fingerprint density at radius 1 is 0.508 bits per heavy atom. The van der Waals surface area contributed by atoms with Crippen LogP contribution >= 0.6 is 23.2 Å². The molecule has 7 aromatic carbocycles. The van der Waals surface area contributed by atoms with E-state index in [9.17, 15) is 4.79 Å². The van der Waals surface area contributed by atoms with Crippen LogP contribution in [-0.4, -0.2) is 72.1 Å². The molecule has 0 radical (unpaired) electrons. The second kappa shape index (κ2) is 22.1. The smallest absolute Gasteiger partial charge is 0.319 e. The van der Waals surface area contributed by atoms with E-state index < -0.39 is 0 Å². The number of urea groups is 1. The van der Waals surface area contributed by atoms with Gasteiger partial charge in [0.25, 0.3) is 0 Å². The topological polar surface area (TPSA) is 50.9 Å². The van der Waals surface area contributed by atoms with Crippen LogP contribution in [0.1, 0.15) is 22.3 Å². The van der Waals surface area contributed by atoms with Gasteiger partial charge in [-0.25, -0.2) is 4.79 Å². The van der Waals surface area contributed by atoms with Crippen LogP contribution in [0.2, 0.25) is 10.0 Å². The normalized spacial score (nSPS) is 16.8. The number of carbonyl (C=O) groups excluding carboxylic acids is 1. The number of benzene rings is 7. The van der Waals surface area contributed by atoms with Gasteiger partial charge in [-0.3, -0.25) is 9.80 Å². The van der Waals surface area contributed by atoms with Gasteiger partial charge in [0.15, 0.2) is 0 Å². The van der Waals surface area contributed by atoms with E-state index >= 15 is 0 Å². The van der Waals surface area contributed by atoms with Gasteiger partial charge in [0.1, 0.15) is 0 Å². The SMILES string of the molecule is Clc1ccccc1-c1ccc(CN2CCN[C@@H](Cc3ccccc3)C2)cc1.O=C(Nc1ccccc1)N1CCN(Cc2ccc(-c3ccccc3Cl)cc2)C[C@@H]1Cc1ccccc1. The van der Waals surface area contributed by atoms with Gasteiger partial charge in [0, 0.05) is 85.3 Å². The lowest BCUT2D eigenvalue weighted by Crippen LogP contribution is -2.56. The monoisotopic (exact) mass is 871 g/mol. The van der Waals surface area contributed by atoms with E-state index in [1.165, 1.54) is 27.8 Å². The maximum atomic E-state index is 13.2. The number of halogens is 2. The summed E-state index contributed by atoms with van der Waals surface area (Å²) in [5.74, 6) is 0. The summed E-state index contributed by atoms with van der Waals surface area (Å²) in [5, 5.41) is 8.30. The van der Waals surface area contributed by atoms with Crippen LogP contribution in [0.25, 0.3) is 22.3 Å². The molecule has 0 bridgehead atoms. The average molecular weight is 873 g/mol. The molecule has 2 amide bonds. The first kappa shape index (κ1) is 43.9. The Labute approximate surface area is 383 Å². The van der Waals surface area contributed by atoms with Crippen molar-refractivity contribution < 1.29 is 4.79 Å². The van der Waals surface area contributed by atoms with Crippen LogP contribution in [0.5, 0.6) is 0 Å². The molecule has 0 aromatic heterocycles. The van der Waals surface area contributed by atoms with Crippen LogP contribution in [-0.2, 0) is 25.9 Å². The van der Waals surface area contributed by atoms with Crippen molar-refractivity contribution in [2.75, 3.05) is 44.6 Å². The molecule has 9 rings (SSSR count). The molecule has 2 aliphatic heterocycles. The number of anilines is 1. The molecule has 2 atom stereocenters. The van der Waals surface area contributed by atoms with Crippen molar-refractivity contribution >= 4 is 34.9 Å². The van der Waals surface area contributed by atoms with E-state index in [1.54, 1.807) is 0 Å². The van der Waals surface area contributed by atoms with E-state index in [0.29, 0.717) is 12.6 Å². The molecule has 2 aliphatic rings. The number of nitrogens with one attached hydrogen (secondary N) is 2. The van der Waals surface area contributed by atoms with E-state index in [4.69, 9.17) is 23.2 Å². The van der Waals surface area contributed by atoms with E-state index in [-0.39, 0.29) is 12.1 Å². The van der Waals surface area contributed by atoms with Gasteiger partial charge >= 0.3 is 6.03 Å². The molecule has 0 unspecified atom stereocenters. The highest BCUT2D eigenvalue weighted by atomic mass is 35.5. The first-order valence-electron chi connectivity index (χ1n) is 22.0. The number of rotatable bonds is 11. The second-order valence-electron chi connectivity index (χ2n) is 16.5. The molecule has 2 fully saturated rings. The van der Waals surface area contributed by atoms with Crippen molar-refractivity contribution in [3.63, 3.8) is 0 Å². The standard InChI is InChI=1S/C31H30ClN3O.C24H25ClN2/c32-30-14-8-7-13-29(30)26-17-15-25(16-18-26)22-34-19-20-35(31(36)33-27-11-5-2-6-12-27)28(23-34)21-24-9-3-1-4-10-24;25-24-9-5-4-8-23(24)21-12-10-20(11-13-21)17-27-15-14-26-22(18-27)16-19-6-2-1-3-7-19/h1-18,28H,19-23H2,(H,33,36);1-13,22,26H,14-18H2/t28-;22-/m00/s1. The fourth-order valence-electron chi connectivity index (χ4n) is 8.67. The largest absolute Gasteiger partial charge is 0.322 e. The lowest BCUT2D eigenvalue weighted by molar-refractivity contribution is 0.0958. The van der Waals surface area contributed by atoms with Gasteiger partial charge in [0.05, 0.1) is 6.04 Å². The zero-order valence-corrected chi connectivity index (χ0v) is 37.1. The Kier molecular flexibility index (Phi) is 15.4. The third-order valence-electron chi connectivity index (χ3n) is 11.9. The van der Waals surface area contributed by atoms with Gasteiger partial charge in [-0.1, -0.05) is 187 Å². The Morgan fingerprint density at radius 2 is 0.984 bits per heavy atom. The molecule has 2 N–H and O–H groups in total. The van der Waals surface area contributed by atoms with Crippen molar-refractivity contribution in [3.8, 4) is 22.3 Å². The second-order valence-corrected chi connectivity index (χ2v) is 17.3. The van der Waals surface area contributed by atoms with Crippen LogP contribution in [0, 0.1) is 0 Å². The van der Waals surface area contributed by atoms with Crippen LogP contribution in [0.15, 0.2) is 188 Å². The molecule has 0 saturated carbocycles. The number of hydrogen-bond donors (Lipinski definition) is 2. The lowest BCUT2D eigenvalue weighted by atomic mass is 10.0. The summed E-state index contributed by atoms with van der Waals surface area (Å²) in [7, 11) is 0. The minimum atomic E-state index is -0.0362. The number of amides is 2. The third kappa shape index (κ3) is 12.5. The van der Waals surface area contributed by atoms with Gasteiger partial charge in [0.2, 0.25) is 0 Å². The first-order valence-corrected chi connectivity index (χ1v) is 22.8. The summed E-state index contributed by atoms with van der Waals surface area (Å²) in [4.78, 5) is 20.2. The molecule has 0 aliphatic carbocycles. The number of para-hydroxylation sites is 1. The van der Waals surface area contributed by atoms with Crippen molar-refractivity contribution in [1.82, 2.24) is 20.0 Å². The van der Waals surface area contributed by atoms with Crippen molar-refractivity contribution in [2.24, 2.45) is 0 Å². The highest BCUT2D eigenvalue weighted by molar-refractivity contribution is 6.33. The Balaban J connectivity index is 0.000000180. The van der Waals surface area contributed by atoms with Crippen LogP contribution in [0.3, 0.4) is 0 Å². The van der Waals surface area contributed by atoms with E-state index in [2.05, 4.69) is 130 Å². The van der Waals surface area contributed by atoms with Gasteiger partial charge in [-0.2, -0.15) is 0 Å². The molecule has 8 heteroatoms. The Morgan fingerprint density at radius 3 is 1.52 bits per heavy atom. The average Bonchev–Trinajstić information content (AvgIpc) is 3.31. The molecular weight excluding hydrogens is 818 g/mol. The molecule has 7 aromatic rings.